The summed E-state index contributed by atoms with van der Waals surface area (Å²) in [6.07, 6.45) is 5.36. The van der Waals surface area contributed by atoms with E-state index in [-0.39, 0.29) is 11.9 Å². The van der Waals surface area contributed by atoms with Crippen LogP contribution in [0.2, 0.25) is 0 Å². The highest BCUT2D eigenvalue weighted by atomic mass is 16.7. The Morgan fingerprint density at radius 2 is 1.93 bits per heavy atom. The van der Waals surface area contributed by atoms with Crippen LogP contribution in [0.15, 0.2) is 48.8 Å². The molecule has 1 N–H and O–H groups in total. The number of carbonyl (C=O) groups excluding carboxylic acids is 2. The molecule has 8 nitrogen and oxygen atoms in total. The summed E-state index contributed by atoms with van der Waals surface area (Å²) in [4.78, 5) is 33.2. The van der Waals surface area contributed by atoms with Crippen molar-refractivity contribution >= 4 is 17.6 Å². The van der Waals surface area contributed by atoms with Gasteiger partial charge in [0.25, 0.3) is 5.79 Å². The minimum atomic E-state index is -0.834. The van der Waals surface area contributed by atoms with E-state index in [9.17, 15) is 9.59 Å². The van der Waals surface area contributed by atoms with Crippen molar-refractivity contribution in [2.75, 3.05) is 24.5 Å². The van der Waals surface area contributed by atoms with Crippen LogP contribution < -0.4 is 19.7 Å². The van der Waals surface area contributed by atoms with Gasteiger partial charge in [-0.05, 0) is 37.1 Å². The lowest BCUT2D eigenvalue weighted by Gasteiger charge is -2.33. The van der Waals surface area contributed by atoms with E-state index in [0.29, 0.717) is 44.0 Å². The van der Waals surface area contributed by atoms with Crippen LogP contribution in [-0.4, -0.2) is 53.3 Å². The summed E-state index contributed by atoms with van der Waals surface area (Å²) in [5.41, 5.74) is 0.752. The highest BCUT2D eigenvalue weighted by Crippen LogP contribution is 2.42. The SMILES string of the molecule is O=C(NC1CCCN(c2cccnc2)C1=O)N1CCC2(C1)Oc1ccccc1O2. The average molecular weight is 394 g/mol. The van der Waals surface area contributed by atoms with Gasteiger partial charge in [0.2, 0.25) is 5.91 Å². The molecule has 2 saturated heterocycles. The number of benzene rings is 1. The first-order valence-corrected chi connectivity index (χ1v) is 9.87. The first-order valence-electron chi connectivity index (χ1n) is 9.87. The van der Waals surface area contributed by atoms with E-state index in [2.05, 4.69) is 10.3 Å². The molecule has 2 fully saturated rings. The number of amides is 3. The summed E-state index contributed by atoms with van der Waals surface area (Å²) in [6.45, 7) is 1.46. The number of hydrogen-bond acceptors (Lipinski definition) is 5. The maximum atomic E-state index is 12.9. The van der Waals surface area contributed by atoms with Crippen LogP contribution in [0.3, 0.4) is 0 Å². The number of carbonyl (C=O) groups is 2. The van der Waals surface area contributed by atoms with Crippen LogP contribution in [0.1, 0.15) is 19.3 Å². The molecule has 150 valence electrons. The second-order valence-corrected chi connectivity index (χ2v) is 7.58. The van der Waals surface area contributed by atoms with Gasteiger partial charge in [-0.25, -0.2) is 4.79 Å². The molecule has 5 rings (SSSR count). The van der Waals surface area contributed by atoms with Crippen molar-refractivity contribution in [2.45, 2.75) is 31.1 Å². The number of urea groups is 1. The van der Waals surface area contributed by atoms with Crippen molar-refractivity contribution in [1.29, 1.82) is 0 Å². The number of likely N-dealkylation sites (tertiary alicyclic amines) is 1. The molecular weight excluding hydrogens is 372 g/mol. The highest BCUT2D eigenvalue weighted by Gasteiger charge is 2.49. The lowest BCUT2D eigenvalue weighted by Crippen LogP contribution is -2.55. The highest BCUT2D eigenvalue weighted by molar-refractivity contribution is 5.99. The Bertz CT molecular complexity index is 910. The van der Waals surface area contributed by atoms with Gasteiger partial charge < -0.3 is 24.6 Å². The second-order valence-electron chi connectivity index (χ2n) is 7.58. The van der Waals surface area contributed by atoms with Crippen molar-refractivity contribution in [3.63, 3.8) is 0 Å². The molecule has 1 unspecified atom stereocenters. The molecule has 4 heterocycles. The largest absolute Gasteiger partial charge is 0.447 e. The predicted octanol–water partition coefficient (Wildman–Crippen LogP) is 2.16. The molecule has 0 bridgehead atoms. The number of aromatic nitrogens is 1. The second kappa shape index (κ2) is 6.95. The summed E-state index contributed by atoms with van der Waals surface area (Å²) in [5, 5.41) is 2.90. The number of hydrogen-bond donors (Lipinski definition) is 1. The third-order valence-corrected chi connectivity index (χ3v) is 5.62. The number of fused-ring (bicyclic) bond motifs is 1. The molecule has 0 aliphatic carbocycles. The van der Waals surface area contributed by atoms with Crippen LogP contribution in [-0.2, 0) is 4.79 Å². The molecule has 2 aromatic rings. The minimum Gasteiger partial charge on any atom is -0.447 e. The average Bonchev–Trinajstić information content (AvgIpc) is 3.33. The fourth-order valence-electron chi connectivity index (χ4n) is 4.15. The van der Waals surface area contributed by atoms with Gasteiger partial charge in [0.15, 0.2) is 11.5 Å². The number of para-hydroxylation sites is 2. The van der Waals surface area contributed by atoms with E-state index in [1.54, 1.807) is 28.3 Å². The smallest absolute Gasteiger partial charge is 0.318 e. The number of rotatable bonds is 2. The van der Waals surface area contributed by atoms with Gasteiger partial charge in [-0.15, -0.1) is 0 Å². The first-order chi connectivity index (χ1) is 14.1. The summed E-state index contributed by atoms with van der Waals surface area (Å²) >= 11 is 0. The lowest BCUT2D eigenvalue weighted by molar-refractivity contribution is -0.121. The molecule has 1 atom stereocenters. The van der Waals surface area contributed by atoms with Gasteiger partial charge in [-0.1, -0.05) is 12.1 Å². The van der Waals surface area contributed by atoms with Gasteiger partial charge in [-0.3, -0.25) is 9.78 Å². The van der Waals surface area contributed by atoms with Crippen LogP contribution in [0.4, 0.5) is 10.5 Å². The summed E-state index contributed by atoms with van der Waals surface area (Å²) in [5.74, 6) is 0.459. The molecule has 3 aliphatic rings. The topological polar surface area (TPSA) is 84.0 Å². The zero-order valence-electron chi connectivity index (χ0n) is 15.9. The predicted molar refractivity (Wildman–Crippen MR) is 105 cm³/mol. The summed E-state index contributed by atoms with van der Waals surface area (Å²) in [6, 6.07) is 10.3. The fraction of sp³-hybridized carbons (Fsp3) is 0.381. The molecule has 29 heavy (non-hydrogen) atoms. The Balaban J connectivity index is 1.23. The van der Waals surface area contributed by atoms with E-state index in [0.717, 1.165) is 12.1 Å². The number of anilines is 1. The molecule has 0 radical (unpaired) electrons. The molecule has 1 spiro atoms. The Labute approximate surface area is 168 Å². The van der Waals surface area contributed by atoms with Crippen LogP contribution in [0, 0.1) is 0 Å². The number of ether oxygens (including phenoxy) is 2. The zero-order chi connectivity index (χ0) is 19.8. The Kier molecular flexibility index (Phi) is 4.26. The van der Waals surface area contributed by atoms with E-state index >= 15 is 0 Å². The number of nitrogens with one attached hydrogen (secondary N) is 1. The van der Waals surface area contributed by atoms with Gasteiger partial charge >= 0.3 is 6.03 Å². The summed E-state index contributed by atoms with van der Waals surface area (Å²) < 4.78 is 12.0. The van der Waals surface area contributed by atoms with Crippen LogP contribution in [0.25, 0.3) is 0 Å². The van der Waals surface area contributed by atoms with Crippen molar-refractivity contribution < 1.29 is 19.1 Å². The van der Waals surface area contributed by atoms with E-state index in [1.165, 1.54) is 0 Å². The van der Waals surface area contributed by atoms with Gasteiger partial charge in [0.1, 0.15) is 6.04 Å². The van der Waals surface area contributed by atoms with Crippen molar-refractivity contribution in [1.82, 2.24) is 15.2 Å². The fourth-order valence-corrected chi connectivity index (χ4v) is 4.15. The van der Waals surface area contributed by atoms with Crippen LogP contribution >= 0.6 is 0 Å². The van der Waals surface area contributed by atoms with Gasteiger partial charge in [0, 0.05) is 25.7 Å². The molecule has 1 aromatic heterocycles. The van der Waals surface area contributed by atoms with E-state index < -0.39 is 11.8 Å². The Hall–Kier alpha value is -3.29. The van der Waals surface area contributed by atoms with E-state index in [4.69, 9.17) is 9.47 Å². The maximum absolute atomic E-state index is 12.9. The number of nitrogens with zero attached hydrogens (tertiary/aromatic N) is 3. The number of pyridine rings is 1. The monoisotopic (exact) mass is 394 g/mol. The molecule has 0 saturated carbocycles. The van der Waals surface area contributed by atoms with Gasteiger partial charge in [0.05, 0.1) is 18.4 Å². The zero-order valence-corrected chi connectivity index (χ0v) is 15.9. The normalized spacial score (nSPS) is 22.2. The third kappa shape index (κ3) is 3.24. The van der Waals surface area contributed by atoms with Crippen molar-refractivity contribution in [3.8, 4) is 11.5 Å². The Morgan fingerprint density at radius 1 is 1.14 bits per heavy atom. The maximum Gasteiger partial charge on any atom is 0.318 e. The lowest BCUT2D eigenvalue weighted by atomic mass is 10.0. The first kappa shape index (κ1) is 17.8. The minimum absolute atomic E-state index is 0.104. The van der Waals surface area contributed by atoms with Crippen molar-refractivity contribution in [2.24, 2.45) is 0 Å². The van der Waals surface area contributed by atoms with Crippen LogP contribution in [0.5, 0.6) is 11.5 Å². The van der Waals surface area contributed by atoms with E-state index in [1.807, 2.05) is 30.3 Å². The van der Waals surface area contributed by atoms with Crippen molar-refractivity contribution in [3.05, 3.63) is 48.8 Å². The van der Waals surface area contributed by atoms with Gasteiger partial charge in [-0.2, -0.15) is 0 Å². The summed E-state index contributed by atoms with van der Waals surface area (Å²) in [7, 11) is 0. The third-order valence-electron chi connectivity index (χ3n) is 5.62. The molecule has 3 amide bonds. The quantitative estimate of drug-likeness (QED) is 0.844. The molecule has 1 aromatic carbocycles. The molecule has 3 aliphatic heterocycles. The number of piperidine rings is 1. The molecule has 8 heteroatoms. The molecular formula is C21H22N4O4. The Morgan fingerprint density at radius 3 is 2.66 bits per heavy atom. The standard InChI is InChI=1S/C21H22N4O4/c26-19-16(6-4-11-25(19)15-5-3-10-22-13-15)23-20(27)24-12-9-21(14-24)28-17-7-1-2-8-18(17)29-21/h1-3,5,7-8,10,13,16H,4,6,9,11-12,14H2,(H,23,27).